The van der Waals surface area contributed by atoms with Crippen LogP contribution in [0.5, 0.6) is 5.88 Å². The van der Waals surface area contributed by atoms with Gasteiger partial charge < -0.3 is 24.5 Å². The first-order valence-corrected chi connectivity index (χ1v) is 11.8. The van der Waals surface area contributed by atoms with Gasteiger partial charge >= 0.3 is 0 Å². The normalized spacial score (nSPS) is 19.0. The van der Waals surface area contributed by atoms with E-state index in [0.29, 0.717) is 31.2 Å². The topological polar surface area (TPSA) is 94.9 Å². The van der Waals surface area contributed by atoms with Crippen LogP contribution in [-0.2, 0) is 5.54 Å². The number of nitrogens with zero attached hydrogens (tertiary/aromatic N) is 6. The number of fused-ring (bicyclic) bond motifs is 1. The van der Waals surface area contributed by atoms with Crippen molar-refractivity contribution in [2.24, 2.45) is 0 Å². The van der Waals surface area contributed by atoms with Gasteiger partial charge in [-0.15, -0.1) is 0 Å². The molecule has 182 valence electrons. The number of hydrogen-bond donors (Lipinski definition) is 1. The van der Waals surface area contributed by atoms with E-state index in [1.807, 2.05) is 29.3 Å². The van der Waals surface area contributed by atoms with Gasteiger partial charge in [0.05, 0.1) is 36.4 Å². The Morgan fingerprint density at radius 1 is 1.09 bits per heavy atom. The second-order valence-electron chi connectivity index (χ2n) is 9.13. The van der Waals surface area contributed by atoms with Crippen molar-refractivity contribution in [3.05, 3.63) is 70.9 Å². The van der Waals surface area contributed by atoms with E-state index < -0.39 is 11.8 Å². The average molecular weight is 495 g/mol. The molecule has 2 aromatic heterocycles. The summed E-state index contributed by atoms with van der Waals surface area (Å²) in [4.78, 5) is 31.6. The van der Waals surface area contributed by atoms with Crippen LogP contribution in [0.15, 0.2) is 49.1 Å². The number of aliphatic hydroxyl groups is 1. The standard InChI is InChI=1S/C25H27ClN6O3/c1-25(2)20-12-16(26)4-5-19(20)23(33)32(25)18-13-17(14-27-15-18)30-8-10-31(11-9-30)24(34)21-22(35-3)29-7-6-28-21/h4-7,12-15,23,33H,8-11H2,1-3H3. The van der Waals surface area contributed by atoms with Gasteiger partial charge in [0, 0.05) is 49.2 Å². The highest BCUT2D eigenvalue weighted by atomic mass is 35.5. The minimum absolute atomic E-state index is 0.195. The van der Waals surface area contributed by atoms with E-state index in [4.69, 9.17) is 16.3 Å². The van der Waals surface area contributed by atoms with Crippen molar-refractivity contribution >= 4 is 28.9 Å². The molecule has 1 unspecified atom stereocenters. The lowest BCUT2D eigenvalue weighted by Gasteiger charge is -2.38. The lowest BCUT2D eigenvalue weighted by atomic mass is 9.93. The van der Waals surface area contributed by atoms with Gasteiger partial charge in [-0.25, -0.2) is 9.97 Å². The van der Waals surface area contributed by atoms with Crippen LogP contribution in [-0.4, -0.2) is 64.2 Å². The summed E-state index contributed by atoms with van der Waals surface area (Å²) in [5.41, 5.74) is 3.34. The Morgan fingerprint density at radius 3 is 2.54 bits per heavy atom. The van der Waals surface area contributed by atoms with Gasteiger partial charge in [0.2, 0.25) is 5.88 Å². The molecule has 0 radical (unpaired) electrons. The first kappa shape index (κ1) is 23.3. The van der Waals surface area contributed by atoms with Gasteiger partial charge in [0.25, 0.3) is 5.91 Å². The van der Waals surface area contributed by atoms with E-state index in [0.717, 1.165) is 22.5 Å². The maximum Gasteiger partial charge on any atom is 0.278 e. The number of carbonyl (C=O) groups excluding carboxylic acids is 1. The number of amides is 1. The summed E-state index contributed by atoms with van der Waals surface area (Å²) >= 11 is 6.25. The van der Waals surface area contributed by atoms with Crippen molar-refractivity contribution in [1.29, 1.82) is 0 Å². The number of pyridine rings is 1. The molecule has 1 amide bonds. The molecule has 3 aromatic rings. The van der Waals surface area contributed by atoms with E-state index in [-0.39, 0.29) is 17.5 Å². The highest BCUT2D eigenvalue weighted by Crippen LogP contribution is 2.48. The first-order valence-electron chi connectivity index (χ1n) is 11.4. The van der Waals surface area contributed by atoms with Crippen molar-refractivity contribution in [1.82, 2.24) is 19.9 Å². The van der Waals surface area contributed by atoms with E-state index in [1.54, 1.807) is 17.2 Å². The molecule has 0 aliphatic carbocycles. The van der Waals surface area contributed by atoms with E-state index in [9.17, 15) is 9.90 Å². The monoisotopic (exact) mass is 494 g/mol. The number of anilines is 2. The average Bonchev–Trinajstić information content (AvgIpc) is 3.07. The summed E-state index contributed by atoms with van der Waals surface area (Å²) < 4.78 is 5.19. The van der Waals surface area contributed by atoms with Crippen LogP contribution >= 0.6 is 11.6 Å². The van der Waals surface area contributed by atoms with Gasteiger partial charge in [0.15, 0.2) is 11.9 Å². The molecule has 4 heterocycles. The number of hydrogen-bond acceptors (Lipinski definition) is 8. The molecule has 0 saturated carbocycles. The molecule has 1 fully saturated rings. The Hall–Kier alpha value is -3.43. The molecule has 9 nitrogen and oxygen atoms in total. The molecule has 0 spiro atoms. The van der Waals surface area contributed by atoms with Gasteiger partial charge in [-0.3, -0.25) is 9.78 Å². The molecule has 2 aliphatic rings. The summed E-state index contributed by atoms with van der Waals surface area (Å²) in [5.74, 6) is 0.0331. The largest absolute Gasteiger partial charge is 0.479 e. The van der Waals surface area contributed by atoms with Gasteiger partial charge in [0.1, 0.15) is 0 Å². The Bertz CT molecular complexity index is 1260. The number of methoxy groups -OCH3 is 1. The number of ether oxygens (including phenoxy) is 1. The molecule has 35 heavy (non-hydrogen) atoms. The lowest BCUT2D eigenvalue weighted by Crippen LogP contribution is -2.49. The number of benzene rings is 1. The van der Waals surface area contributed by atoms with Crippen molar-refractivity contribution in [3.63, 3.8) is 0 Å². The SMILES string of the molecule is COc1nccnc1C(=O)N1CCN(c2cncc(N3C(O)c4ccc(Cl)cc4C3(C)C)c2)CC1. The van der Waals surface area contributed by atoms with Crippen molar-refractivity contribution < 1.29 is 14.6 Å². The van der Waals surface area contributed by atoms with Crippen LogP contribution in [0.2, 0.25) is 5.02 Å². The predicted molar refractivity (Wildman–Crippen MR) is 133 cm³/mol. The fraction of sp³-hybridized carbons (Fsp3) is 0.360. The molecule has 5 rings (SSSR count). The van der Waals surface area contributed by atoms with Crippen molar-refractivity contribution in [3.8, 4) is 5.88 Å². The summed E-state index contributed by atoms with van der Waals surface area (Å²) in [6.07, 6.45) is 5.77. The zero-order valence-electron chi connectivity index (χ0n) is 19.8. The zero-order valence-corrected chi connectivity index (χ0v) is 20.6. The van der Waals surface area contributed by atoms with Crippen LogP contribution in [0.1, 0.15) is 41.7 Å². The quantitative estimate of drug-likeness (QED) is 0.590. The number of halogens is 1. The summed E-state index contributed by atoms with van der Waals surface area (Å²) in [5, 5.41) is 11.8. The molecule has 10 heteroatoms. The summed E-state index contributed by atoms with van der Waals surface area (Å²) in [6, 6.07) is 7.63. The number of aromatic nitrogens is 3. The number of rotatable bonds is 4. The Kier molecular flexibility index (Phi) is 5.98. The minimum atomic E-state index is -0.800. The van der Waals surface area contributed by atoms with Crippen LogP contribution in [0, 0.1) is 0 Å². The van der Waals surface area contributed by atoms with Crippen LogP contribution in [0.25, 0.3) is 0 Å². The molecular weight excluding hydrogens is 468 g/mol. The van der Waals surface area contributed by atoms with Crippen LogP contribution in [0.4, 0.5) is 11.4 Å². The molecule has 2 aliphatic heterocycles. The third-order valence-corrected chi connectivity index (χ3v) is 7.01. The predicted octanol–water partition coefficient (Wildman–Crippen LogP) is 3.24. The Labute approximate surface area is 208 Å². The Balaban J connectivity index is 1.33. The van der Waals surface area contributed by atoms with Crippen molar-refractivity contribution in [2.45, 2.75) is 25.6 Å². The molecule has 1 saturated heterocycles. The second-order valence-corrected chi connectivity index (χ2v) is 9.57. The lowest BCUT2D eigenvalue weighted by molar-refractivity contribution is 0.0736. The van der Waals surface area contributed by atoms with Crippen LogP contribution < -0.4 is 14.5 Å². The maximum absolute atomic E-state index is 13.0. The highest BCUT2D eigenvalue weighted by Gasteiger charge is 2.44. The third-order valence-electron chi connectivity index (χ3n) is 6.78. The molecule has 1 N–H and O–H groups in total. The third kappa shape index (κ3) is 4.04. The zero-order chi connectivity index (χ0) is 24.7. The number of piperazine rings is 1. The second kappa shape index (κ2) is 8.98. The molecule has 1 atom stereocenters. The smallest absolute Gasteiger partial charge is 0.278 e. The maximum atomic E-state index is 13.0. The summed E-state index contributed by atoms with van der Waals surface area (Å²) in [7, 11) is 1.48. The van der Waals surface area contributed by atoms with E-state index in [2.05, 4.69) is 33.7 Å². The summed E-state index contributed by atoms with van der Waals surface area (Å²) in [6.45, 7) is 6.48. The van der Waals surface area contributed by atoms with E-state index >= 15 is 0 Å². The van der Waals surface area contributed by atoms with Gasteiger partial charge in [-0.1, -0.05) is 17.7 Å². The highest BCUT2D eigenvalue weighted by molar-refractivity contribution is 6.30. The van der Waals surface area contributed by atoms with Gasteiger partial charge in [-0.2, -0.15) is 0 Å². The van der Waals surface area contributed by atoms with E-state index in [1.165, 1.54) is 19.5 Å². The fourth-order valence-electron chi connectivity index (χ4n) is 4.98. The fourth-order valence-corrected chi connectivity index (χ4v) is 5.15. The first-order chi connectivity index (χ1) is 16.8. The number of carbonyl (C=O) groups is 1. The molecule has 1 aromatic carbocycles. The Morgan fingerprint density at radius 2 is 1.80 bits per heavy atom. The van der Waals surface area contributed by atoms with Gasteiger partial charge in [-0.05, 0) is 37.6 Å². The van der Waals surface area contributed by atoms with Crippen molar-refractivity contribution in [2.75, 3.05) is 43.1 Å². The molecule has 0 bridgehead atoms. The minimum Gasteiger partial charge on any atom is -0.479 e. The number of aliphatic hydroxyl groups excluding tert-OH is 1. The molecular formula is C25H27ClN6O3. The van der Waals surface area contributed by atoms with Crippen LogP contribution in [0.3, 0.4) is 0 Å².